The number of hydrogen-bond donors (Lipinski definition) is 2. The van der Waals surface area contributed by atoms with E-state index in [1.54, 1.807) is 18.2 Å². The molecule has 0 bridgehead atoms. The minimum absolute atomic E-state index is 0.0589. The van der Waals surface area contributed by atoms with Crippen LogP contribution in [-0.2, 0) is 9.59 Å². The highest BCUT2D eigenvalue weighted by Crippen LogP contribution is 2.29. The van der Waals surface area contributed by atoms with Crippen molar-refractivity contribution in [1.82, 2.24) is 0 Å². The van der Waals surface area contributed by atoms with Gasteiger partial charge in [0.05, 0.1) is 10.4 Å². The van der Waals surface area contributed by atoms with Crippen molar-refractivity contribution in [1.29, 1.82) is 0 Å². The second kappa shape index (κ2) is 6.43. The summed E-state index contributed by atoms with van der Waals surface area (Å²) in [5.41, 5.74) is -0.659. The van der Waals surface area contributed by atoms with Crippen molar-refractivity contribution in [3.05, 3.63) is 34.9 Å². The van der Waals surface area contributed by atoms with Gasteiger partial charge in [0.25, 0.3) is 0 Å². The van der Waals surface area contributed by atoms with Crippen molar-refractivity contribution in [3.63, 3.8) is 0 Å². The molecule has 0 aromatic heterocycles. The quantitative estimate of drug-likeness (QED) is 0.789. The number of ether oxygens (including phenoxy) is 1. The molecule has 6 heteroatoms. The van der Waals surface area contributed by atoms with Gasteiger partial charge in [-0.2, -0.15) is 0 Å². The molecule has 2 N–H and O–H groups in total. The van der Waals surface area contributed by atoms with Crippen LogP contribution >= 0.6 is 11.6 Å². The first-order valence-electron chi connectivity index (χ1n) is 5.80. The van der Waals surface area contributed by atoms with Gasteiger partial charge in [-0.3, -0.25) is 4.79 Å². The molecule has 1 aromatic carbocycles. The van der Waals surface area contributed by atoms with Gasteiger partial charge in [0.15, 0.2) is 0 Å². The van der Waals surface area contributed by atoms with E-state index in [4.69, 9.17) is 26.6 Å². The molecule has 5 nitrogen and oxygen atoms in total. The normalized spacial score (nSPS) is 11.6. The third-order valence-electron chi connectivity index (χ3n) is 2.57. The molecule has 0 heterocycles. The number of halogens is 1. The van der Waals surface area contributed by atoms with Crippen molar-refractivity contribution < 1.29 is 24.5 Å². The third kappa shape index (κ3) is 4.28. The Morgan fingerprint density at radius 2 is 2.00 bits per heavy atom. The molecular weight excluding hydrogens is 284 g/mol. The largest absolute Gasteiger partial charge is 0.492 e. The highest BCUT2D eigenvalue weighted by Gasteiger charge is 2.28. The summed E-state index contributed by atoms with van der Waals surface area (Å²) in [4.78, 5) is 21.6. The van der Waals surface area contributed by atoms with E-state index in [-0.39, 0.29) is 6.61 Å². The molecular formula is C14H15ClO5. The number of benzene rings is 1. The molecule has 108 valence electrons. The number of rotatable bonds is 6. The molecule has 0 aliphatic heterocycles. The van der Waals surface area contributed by atoms with E-state index >= 15 is 0 Å². The van der Waals surface area contributed by atoms with Gasteiger partial charge in [0.1, 0.15) is 12.4 Å². The minimum Gasteiger partial charge on any atom is -0.492 e. The standard InChI is InChI=1S/C14H15ClO5/c1-14(2,13(18)19)8-20-11-5-3-4-10(15)9(11)6-7-12(16)17/h3-7H,8H2,1-2H3,(H,16,17)(H,18,19)/b7-6+. The van der Waals surface area contributed by atoms with Gasteiger partial charge in [-0.1, -0.05) is 17.7 Å². The molecule has 0 unspecified atom stereocenters. The van der Waals surface area contributed by atoms with Crippen molar-refractivity contribution >= 4 is 29.6 Å². The number of carboxylic acids is 2. The second-order valence-corrected chi connectivity index (χ2v) is 5.21. The Morgan fingerprint density at radius 3 is 2.55 bits per heavy atom. The summed E-state index contributed by atoms with van der Waals surface area (Å²) in [7, 11) is 0. The Kier molecular flexibility index (Phi) is 5.16. The van der Waals surface area contributed by atoms with Gasteiger partial charge < -0.3 is 14.9 Å². The zero-order valence-corrected chi connectivity index (χ0v) is 11.8. The molecule has 0 amide bonds. The van der Waals surface area contributed by atoms with E-state index in [1.165, 1.54) is 19.9 Å². The lowest BCUT2D eigenvalue weighted by Gasteiger charge is -2.20. The van der Waals surface area contributed by atoms with Crippen LogP contribution in [0.2, 0.25) is 5.02 Å². The van der Waals surface area contributed by atoms with Crippen LogP contribution < -0.4 is 4.74 Å². The molecule has 0 aliphatic carbocycles. The van der Waals surface area contributed by atoms with Crippen LogP contribution in [0, 0.1) is 5.41 Å². The first-order chi connectivity index (χ1) is 9.24. The molecule has 0 radical (unpaired) electrons. The predicted molar refractivity (Wildman–Crippen MR) is 75.0 cm³/mol. The lowest BCUT2D eigenvalue weighted by atomic mass is 9.95. The zero-order valence-electron chi connectivity index (χ0n) is 11.1. The zero-order chi connectivity index (χ0) is 15.3. The molecule has 0 atom stereocenters. The summed E-state index contributed by atoms with van der Waals surface area (Å²) in [6, 6.07) is 4.84. The Labute approximate surface area is 121 Å². The lowest BCUT2D eigenvalue weighted by Crippen LogP contribution is -2.30. The maximum Gasteiger partial charge on any atom is 0.328 e. The first-order valence-corrected chi connectivity index (χ1v) is 6.17. The van der Waals surface area contributed by atoms with Gasteiger partial charge >= 0.3 is 11.9 Å². The fourth-order valence-corrected chi connectivity index (χ4v) is 1.51. The summed E-state index contributed by atoms with van der Waals surface area (Å²) in [5.74, 6) is -1.76. The van der Waals surface area contributed by atoms with Crippen molar-refractivity contribution in [2.75, 3.05) is 6.61 Å². The fraction of sp³-hybridized carbons (Fsp3) is 0.286. The fourth-order valence-electron chi connectivity index (χ4n) is 1.28. The highest BCUT2D eigenvalue weighted by atomic mass is 35.5. The van der Waals surface area contributed by atoms with Crippen LogP contribution in [0.3, 0.4) is 0 Å². The van der Waals surface area contributed by atoms with E-state index in [0.717, 1.165) is 6.08 Å². The molecule has 0 fully saturated rings. The van der Waals surface area contributed by atoms with E-state index in [2.05, 4.69) is 0 Å². The number of carboxylic acid groups (broad SMARTS) is 2. The highest BCUT2D eigenvalue weighted by molar-refractivity contribution is 6.32. The summed E-state index contributed by atoms with van der Waals surface area (Å²) in [6.07, 6.45) is 2.25. The molecule has 0 aliphatic rings. The molecule has 0 spiro atoms. The Morgan fingerprint density at radius 1 is 1.35 bits per heavy atom. The summed E-state index contributed by atoms with van der Waals surface area (Å²) in [5, 5.41) is 18.0. The first kappa shape index (κ1) is 16.0. The van der Waals surface area contributed by atoms with Crippen LogP contribution in [0.1, 0.15) is 19.4 Å². The Bertz CT molecular complexity index is 548. The molecule has 0 saturated heterocycles. The number of hydrogen-bond acceptors (Lipinski definition) is 3. The van der Waals surface area contributed by atoms with Gasteiger partial charge in [-0.05, 0) is 32.1 Å². The van der Waals surface area contributed by atoms with E-state index in [0.29, 0.717) is 16.3 Å². The predicted octanol–water partition coefficient (Wildman–Crippen LogP) is 2.93. The van der Waals surface area contributed by atoms with Crippen LogP contribution in [0.25, 0.3) is 6.08 Å². The second-order valence-electron chi connectivity index (χ2n) is 4.80. The van der Waals surface area contributed by atoms with Gasteiger partial charge in [0, 0.05) is 11.6 Å². The maximum atomic E-state index is 11.0. The summed E-state index contributed by atoms with van der Waals surface area (Å²) >= 11 is 5.98. The van der Waals surface area contributed by atoms with Crippen molar-refractivity contribution in [3.8, 4) is 5.75 Å². The van der Waals surface area contributed by atoms with Crippen molar-refractivity contribution in [2.24, 2.45) is 5.41 Å². The van der Waals surface area contributed by atoms with Crippen molar-refractivity contribution in [2.45, 2.75) is 13.8 Å². The molecule has 1 rings (SSSR count). The van der Waals surface area contributed by atoms with Crippen LogP contribution in [0.5, 0.6) is 5.75 Å². The summed E-state index contributed by atoms with van der Waals surface area (Å²) in [6.45, 7) is 3.01. The van der Waals surface area contributed by atoms with Crippen LogP contribution in [-0.4, -0.2) is 28.8 Å². The Balaban J connectivity index is 2.98. The van der Waals surface area contributed by atoms with Gasteiger partial charge in [-0.15, -0.1) is 0 Å². The average Bonchev–Trinajstić information content (AvgIpc) is 2.34. The monoisotopic (exact) mass is 298 g/mol. The SMILES string of the molecule is CC(C)(COc1cccc(Cl)c1/C=C/C(=O)O)C(=O)O. The van der Waals surface area contributed by atoms with E-state index in [1.807, 2.05) is 0 Å². The lowest BCUT2D eigenvalue weighted by molar-refractivity contribution is -0.148. The number of carbonyl (C=O) groups is 2. The summed E-state index contributed by atoms with van der Waals surface area (Å²) < 4.78 is 5.47. The average molecular weight is 299 g/mol. The smallest absolute Gasteiger partial charge is 0.328 e. The minimum atomic E-state index is -1.11. The molecule has 20 heavy (non-hydrogen) atoms. The van der Waals surface area contributed by atoms with E-state index < -0.39 is 17.4 Å². The maximum absolute atomic E-state index is 11.0. The topological polar surface area (TPSA) is 83.8 Å². The van der Waals surface area contributed by atoms with Gasteiger partial charge in [-0.25, -0.2) is 4.79 Å². The van der Waals surface area contributed by atoms with Crippen LogP contribution in [0.4, 0.5) is 0 Å². The number of aliphatic carboxylic acids is 2. The molecule has 0 saturated carbocycles. The molecule has 1 aromatic rings. The van der Waals surface area contributed by atoms with Crippen LogP contribution in [0.15, 0.2) is 24.3 Å². The van der Waals surface area contributed by atoms with E-state index in [9.17, 15) is 9.59 Å². The van der Waals surface area contributed by atoms with Gasteiger partial charge in [0.2, 0.25) is 0 Å². The third-order valence-corrected chi connectivity index (χ3v) is 2.90. The Hall–Kier alpha value is -2.01.